The highest BCUT2D eigenvalue weighted by Crippen LogP contribution is 2.28. The number of para-hydroxylation sites is 1. The third kappa shape index (κ3) is 5.47. The van der Waals surface area contributed by atoms with Crippen molar-refractivity contribution >= 4 is 50.8 Å². The minimum absolute atomic E-state index is 0.146. The number of aliphatic hydroxyl groups excluding tert-OH is 1. The van der Waals surface area contributed by atoms with Crippen molar-refractivity contribution in [3.8, 4) is 5.69 Å². The van der Waals surface area contributed by atoms with Gasteiger partial charge < -0.3 is 24.8 Å². The lowest BCUT2D eigenvalue weighted by Gasteiger charge is -2.30. The maximum absolute atomic E-state index is 13.8. The molecule has 0 bridgehead atoms. The van der Waals surface area contributed by atoms with Crippen LogP contribution in [0.15, 0.2) is 59.5 Å². The molecule has 1 fully saturated rings. The lowest BCUT2D eigenvalue weighted by Crippen LogP contribution is -2.34. The number of halogens is 1. The van der Waals surface area contributed by atoms with Crippen molar-refractivity contribution < 1.29 is 14.7 Å². The summed E-state index contributed by atoms with van der Waals surface area (Å²) in [6.45, 7) is 1.59. The van der Waals surface area contributed by atoms with Crippen LogP contribution in [0.4, 0.5) is 5.13 Å². The predicted octanol–water partition coefficient (Wildman–Crippen LogP) is 3.94. The molecule has 0 saturated carbocycles. The summed E-state index contributed by atoms with van der Waals surface area (Å²) in [5.74, 6) is -0.450. The number of thiazole rings is 1. The number of anilines is 1. The first kappa shape index (κ1) is 27.8. The van der Waals surface area contributed by atoms with Gasteiger partial charge in [0.25, 0.3) is 11.8 Å². The number of rotatable bonds is 7. The van der Waals surface area contributed by atoms with Crippen molar-refractivity contribution in [2.45, 2.75) is 19.4 Å². The van der Waals surface area contributed by atoms with Crippen LogP contribution in [0.1, 0.15) is 38.6 Å². The average Bonchev–Trinajstić information content (AvgIpc) is 3.47. The monoisotopic (exact) mass is 579 g/mol. The van der Waals surface area contributed by atoms with Gasteiger partial charge in [0.1, 0.15) is 10.6 Å². The summed E-state index contributed by atoms with van der Waals surface area (Å²) >= 11 is 7.60. The van der Waals surface area contributed by atoms with E-state index in [-0.39, 0.29) is 41.7 Å². The van der Waals surface area contributed by atoms with Gasteiger partial charge in [0, 0.05) is 62.0 Å². The van der Waals surface area contributed by atoms with Crippen molar-refractivity contribution in [1.82, 2.24) is 19.8 Å². The molecule has 1 aliphatic heterocycles. The standard InChI is InChI=1S/C29H30ClN5O4S/c1-33(2)28(39)25-22(15-31-27(38)24-16-32-29(40-24)34-12-10-18(17-36)11-13-34)26(37)21-9-8-19(30)14-23(21)35(25)20-6-4-3-5-7-20/h3-9,14,16,18,36H,10-13,15,17H2,1-2H3,(H,31,38). The van der Waals surface area contributed by atoms with E-state index in [1.807, 2.05) is 30.3 Å². The molecular formula is C29H30ClN5O4S. The summed E-state index contributed by atoms with van der Waals surface area (Å²) in [6, 6.07) is 14.2. The van der Waals surface area contributed by atoms with Crippen molar-refractivity contribution in [2.75, 3.05) is 38.7 Å². The Kier molecular flexibility index (Phi) is 8.20. The van der Waals surface area contributed by atoms with E-state index in [0.29, 0.717) is 32.4 Å². The molecule has 2 aromatic heterocycles. The Bertz CT molecular complexity index is 1610. The van der Waals surface area contributed by atoms with Gasteiger partial charge in [-0.2, -0.15) is 0 Å². The Labute approximate surface area is 240 Å². The Morgan fingerprint density at radius 2 is 1.88 bits per heavy atom. The van der Waals surface area contributed by atoms with Gasteiger partial charge in [-0.1, -0.05) is 41.1 Å². The number of carbonyl (C=O) groups is 2. The quantitative estimate of drug-likeness (QED) is 0.343. The number of hydrogen-bond donors (Lipinski definition) is 2. The molecule has 40 heavy (non-hydrogen) atoms. The topological polar surface area (TPSA) is 108 Å². The maximum atomic E-state index is 13.8. The highest BCUT2D eigenvalue weighted by Gasteiger charge is 2.26. The lowest BCUT2D eigenvalue weighted by atomic mass is 9.98. The Morgan fingerprint density at radius 1 is 1.15 bits per heavy atom. The molecular weight excluding hydrogens is 550 g/mol. The number of carbonyl (C=O) groups excluding carboxylic acids is 2. The van der Waals surface area contributed by atoms with E-state index in [0.717, 1.165) is 31.1 Å². The molecule has 1 saturated heterocycles. The number of nitrogens with one attached hydrogen (secondary N) is 1. The van der Waals surface area contributed by atoms with E-state index >= 15 is 0 Å². The second kappa shape index (κ2) is 11.8. The number of aliphatic hydroxyl groups is 1. The number of benzene rings is 2. The molecule has 0 radical (unpaired) electrons. The van der Waals surface area contributed by atoms with Gasteiger partial charge in [-0.05, 0) is 49.1 Å². The minimum Gasteiger partial charge on any atom is -0.396 e. The van der Waals surface area contributed by atoms with Crippen molar-refractivity contribution in [3.05, 3.63) is 86.1 Å². The lowest BCUT2D eigenvalue weighted by molar-refractivity contribution is 0.0816. The van der Waals surface area contributed by atoms with E-state index in [9.17, 15) is 19.5 Å². The van der Waals surface area contributed by atoms with Crippen LogP contribution in [-0.2, 0) is 6.54 Å². The van der Waals surface area contributed by atoms with Gasteiger partial charge in [0.05, 0.1) is 11.7 Å². The molecule has 11 heteroatoms. The SMILES string of the molecule is CN(C)C(=O)c1c(CNC(=O)c2cnc(N3CCC(CO)CC3)s2)c(=O)c2ccc(Cl)cc2n1-c1ccccc1. The fourth-order valence-corrected chi connectivity index (χ4v) is 5.98. The molecule has 208 valence electrons. The smallest absolute Gasteiger partial charge is 0.270 e. The Morgan fingerprint density at radius 3 is 2.55 bits per heavy atom. The molecule has 0 unspecified atom stereocenters. The number of pyridine rings is 1. The number of nitrogens with zero attached hydrogens (tertiary/aromatic N) is 4. The normalized spacial score (nSPS) is 13.9. The summed E-state index contributed by atoms with van der Waals surface area (Å²) in [4.78, 5) is 48.9. The van der Waals surface area contributed by atoms with E-state index < -0.39 is 0 Å². The largest absolute Gasteiger partial charge is 0.396 e. The van der Waals surface area contributed by atoms with Gasteiger partial charge in [-0.25, -0.2) is 4.98 Å². The Balaban J connectivity index is 1.51. The van der Waals surface area contributed by atoms with E-state index in [1.165, 1.54) is 22.4 Å². The zero-order chi connectivity index (χ0) is 28.4. The van der Waals surface area contributed by atoms with Crippen LogP contribution in [0, 0.1) is 5.92 Å². The maximum Gasteiger partial charge on any atom is 0.270 e. The predicted molar refractivity (Wildman–Crippen MR) is 158 cm³/mol. The number of aromatic nitrogens is 2. The summed E-state index contributed by atoms with van der Waals surface area (Å²) < 4.78 is 1.73. The van der Waals surface area contributed by atoms with Crippen LogP contribution in [0.3, 0.4) is 0 Å². The van der Waals surface area contributed by atoms with Crippen LogP contribution >= 0.6 is 22.9 Å². The van der Waals surface area contributed by atoms with E-state index in [1.54, 1.807) is 36.9 Å². The van der Waals surface area contributed by atoms with Gasteiger partial charge in [0.15, 0.2) is 10.6 Å². The summed E-state index contributed by atoms with van der Waals surface area (Å²) in [7, 11) is 3.24. The van der Waals surface area contributed by atoms with Crippen molar-refractivity contribution in [2.24, 2.45) is 5.92 Å². The summed E-state index contributed by atoms with van der Waals surface area (Å²) in [5.41, 5.74) is 1.18. The van der Waals surface area contributed by atoms with Crippen LogP contribution in [0.25, 0.3) is 16.6 Å². The summed E-state index contributed by atoms with van der Waals surface area (Å²) in [5, 5.41) is 13.8. The molecule has 1 aliphatic rings. The number of amides is 2. The molecule has 2 aromatic carbocycles. The van der Waals surface area contributed by atoms with E-state index in [4.69, 9.17) is 11.6 Å². The first-order valence-electron chi connectivity index (χ1n) is 13.0. The van der Waals surface area contributed by atoms with Crippen LogP contribution in [-0.4, -0.2) is 65.2 Å². The first-order chi connectivity index (χ1) is 19.3. The molecule has 2 N–H and O–H groups in total. The van der Waals surface area contributed by atoms with Gasteiger partial charge in [-0.15, -0.1) is 0 Å². The van der Waals surface area contributed by atoms with Crippen molar-refractivity contribution in [1.29, 1.82) is 0 Å². The molecule has 5 rings (SSSR count). The fraction of sp³-hybridized carbons (Fsp3) is 0.310. The number of hydrogen-bond acceptors (Lipinski definition) is 7. The third-order valence-corrected chi connectivity index (χ3v) is 8.43. The van der Waals surface area contributed by atoms with Crippen LogP contribution in [0.5, 0.6) is 0 Å². The van der Waals surface area contributed by atoms with Gasteiger partial charge in [0.2, 0.25) is 0 Å². The average molecular weight is 580 g/mol. The molecule has 2 amide bonds. The van der Waals surface area contributed by atoms with Crippen molar-refractivity contribution in [3.63, 3.8) is 0 Å². The zero-order valence-corrected chi connectivity index (χ0v) is 23.8. The minimum atomic E-state index is -0.376. The first-order valence-corrected chi connectivity index (χ1v) is 14.2. The zero-order valence-electron chi connectivity index (χ0n) is 22.3. The van der Waals surface area contributed by atoms with E-state index in [2.05, 4.69) is 15.2 Å². The molecule has 4 aromatic rings. The highest BCUT2D eigenvalue weighted by molar-refractivity contribution is 7.17. The summed E-state index contributed by atoms with van der Waals surface area (Å²) in [6.07, 6.45) is 3.28. The highest BCUT2D eigenvalue weighted by atomic mass is 35.5. The molecule has 0 atom stereocenters. The molecule has 0 aliphatic carbocycles. The fourth-order valence-electron chi connectivity index (χ4n) is 4.93. The Hall–Kier alpha value is -3.73. The third-order valence-electron chi connectivity index (χ3n) is 7.14. The molecule has 3 heterocycles. The van der Waals surface area contributed by atoms with Gasteiger partial charge in [-0.3, -0.25) is 14.4 Å². The number of piperidine rings is 1. The second-order valence-electron chi connectivity index (χ2n) is 9.99. The second-order valence-corrected chi connectivity index (χ2v) is 11.4. The van der Waals surface area contributed by atoms with Gasteiger partial charge >= 0.3 is 0 Å². The molecule has 9 nitrogen and oxygen atoms in total. The van der Waals surface area contributed by atoms with Crippen LogP contribution in [0.2, 0.25) is 5.02 Å². The van der Waals surface area contributed by atoms with Crippen LogP contribution < -0.4 is 15.6 Å². The molecule has 0 spiro atoms. The number of fused-ring (bicyclic) bond motifs is 1.